The van der Waals surface area contributed by atoms with Crippen molar-refractivity contribution in [2.45, 2.75) is 13.0 Å². The first-order valence-electron chi connectivity index (χ1n) is 8.40. The van der Waals surface area contributed by atoms with Crippen molar-refractivity contribution >= 4 is 16.2 Å². The Morgan fingerprint density at radius 3 is 2.52 bits per heavy atom. The summed E-state index contributed by atoms with van der Waals surface area (Å²) in [5, 5.41) is 9.06. The predicted octanol–water partition coefficient (Wildman–Crippen LogP) is 0.791. The third-order valence-electron chi connectivity index (χ3n) is 5.32. The number of rotatable bonds is 5. The fourth-order valence-electron chi connectivity index (χ4n) is 4.17. The fourth-order valence-corrected chi connectivity index (χ4v) is 5.53. The van der Waals surface area contributed by atoms with E-state index in [0.717, 1.165) is 11.1 Å². The number of carboxylic acid groups (broad SMARTS) is 1. The van der Waals surface area contributed by atoms with Crippen LogP contribution in [0.25, 0.3) is 0 Å². The fraction of sp³-hybridized carbons (Fsp3) is 0.588. The van der Waals surface area contributed by atoms with Gasteiger partial charge in [0.1, 0.15) is 0 Å². The summed E-state index contributed by atoms with van der Waals surface area (Å²) in [7, 11) is -0.440. The van der Waals surface area contributed by atoms with Crippen LogP contribution in [-0.4, -0.2) is 73.3 Å². The molecule has 0 aliphatic carbocycles. The normalized spacial score (nSPS) is 27.8. The second-order valence-corrected chi connectivity index (χ2v) is 9.27. The minimum absolute atomic E-state index is 0.00786. The van der Waals surface area contributed by atoms with Crippen LogP contribution in [0.4, 0.5) is 0 Å². The van der Waals surface area contributed by atoms with Crippen LogP contribution in [-0.2, 0) is 15.0 Å². The van der Waals surface area contributed by atoms with Crippen LogP contribution in [0.5, 0.6) is 0 Å². The second kappa shape index (κ2) is 6.68. The van der Waals surface area contributed by atoms with Crippen LogP contribution < -0.4 is 0 Å². The van der Waals surface area contributed by atoms with Crippen molar-refractivity contribution in [3.05, 3.63) is 35.4 Å². The van der Waals surface area contributed by atoms with Crippen LogP contribution >= 0.6 is 0 Å². The number of carboxylic acids is 1. The number of aryl methyl sites for hydroxylation is 1. The van der Waals surface area contributed by atoms with Gasteiger partial charge < -0.3 is 5.11 Å². The van der Waals surface area contributed by atoms with Crippen molar-refractivity contribution in [1.82, 2.24) is 13.5 Å². The second-order valence-electron chi connectivity index (χ2n) is 7.17. The smallest absolute Gasteiger partial charge is 0.317 e. The Hall–Kier alpha value is -1.48. The maximum atomic E-state index is 12.9. The largest absolute Gasteiger partial charge is 0.480 e. The van der Waals surface area contributed by atoms with E-state index in [9.17, 15) is 13.2 Å². The lowest BCUT2D eigenvalue weighted by Gasteiger charge is -2.31. The van der Waals surface area contributed by atoms with Gasteiger partial charge in [0.15, 0.2) is 0 Å². The zero-order chi connectivity index (χ0) is 18.4. The van der Waals surface area contributed by atoms with Crippen LogP contribution in [0.15, 0.2) is 24.3 Å². The summed E-state index contributed by atoms with van der Waals surface area (Å²) >= 11 is 0. The molecular formula is C17H25N3O4S. The van der Waals surface area contributed by atoms with E-state index < -0.39 is 16.2 Å². The van der Waals surface area contributed by atoms with E-state index in [1.807, 2.05) is 36.1 Å². The van der Waals surface area contributed by atoms with Gasteiger partial charge in [-0.15, -0.1) is 0 Å². The number of likely N-dealkylation sites (tertiary alicyclic amines) is 1. The molecule has 0 bridgehead atoms. The predicted molar refractivity (Wildman–Crippen MR) is 94.3 cm³/mol. The van der Waals surface area contributed by atoms with Crippen molar-refractivity contribution < 1.29 is 18.3 Å². The third-order valence-corrected chi connectivity index (χ3v) is 7.21. The topological polar surface area (TPSA) is 81.2 Å². The molecule has 8 heteroatoms. The van der Waals surface area contributed by atoms with Crippen molar-refractivity contribution in [3.63, 3.8) is 0 Å². The quantitative estimate of drug-likeness (QED) is 0.832. The average Bonchev–Trinajstić information content (AvgIpc) is 3.04. The summed E-state index contributed by atoms with van der Waals surface area (Å²) in [6.07, 6.45) is 0. The molecule has 25 heavy (non-hydrogen) atoms. The van der Waals surface area contributed by atoms with Crippen molar-refractivity contribution in [1.29, 1.82) is 0 Å². The highest BCUT2D eigenvalue weighted by Gasteiger charge is 2.52. The third kappa shape index (κ3) is 3.31. The Bertz CT molecular complexity index is 765. The Balaban J connectivity index is 1.98. The lowest BCUT2D eigenvalue weighted by atomic mass is 9.88. The zero-order valence-electron chi connectivity index (χ0n) is 14.8. The molecule has 0 unspecified atom stereocenters. The summed E-state index contributed by atoms with van der Waals surface area (Å²) in [5.41, 5.74) is 2.07. The van der Waals surface area contributed by atoms with E-state index in [4.69, 9.17) is 5.11 Å². The minimum Gasteiger partial charge on any atom is -0.480 e. The Morgan fingerprint density at radius 2 is 1.92 bits per heavy atom. The van der Waals surface area contributed by atoms with E-state index in [1.165, 1.54) is 4.31 Å². The summed E-state index contributed by atoms with van der Waals surface area (Å²) in [6, 6.07) is 7.60. The molecule has 3 atom stereocenters. The van der Waals surface area contributed by atoms with Crippen LogP contribution in [0, 0.1) is 18.8 Å². The van der Waals surface area contributed by atoms with E-state index >= 15 is 0 Å². The molecule has 1 N–H and O–H groups in total. The lowest BCUT2D eigenvalue weighted by Crippen LogP contribution is -2.42. The highest BCUT2D eigenvalue weighted by Crippen LogP contribution is 2.47. The van der Waals surface area contributed by atoms with Gasteiger partial charge in [-0.1, -0.05) is 24.3 Å². The Kier molecular flexibility index (Phi) is 4.89. The van der Waals surface area contributed by atoms with Crippen molar-refractivity contribution in [3.8, 4) is 0 Å². The first-order chi connectivity index (χ1) is 11.7. The van der Waals surface area contributed by atoms with Gasteiger partial charge in [-0.25, -0.2) is 0 Å². The van der Waals surface area contributed by atoms with Crippen molar-refractivity contribution in [2.75, 3.05) is 40.3 Å². The molecule has 7 nitrogen and oxygen atoms in total. The Morgan fingerprint density at radius 1 is 1.24 bits per heavy atom. The van der Waals surface area contributed by atoms with Gasteiger partial charge in [0, 0.05) is 33.7 Å². The molecule has 1 aromatic carbocycles. The molecule has 2 fully saturated rings. The van der Waals surface area contributed by atoms with Crippen molar-refractivity contribution in [2.24, 2.45) is 11.8 Å². The monoisotopic (exact) mass is 367 g/mol. The molecule has 0 saturated carbocycles. The standard InChI is InChI=1S/C17H25N3O4S/c1-12-6-4-5-7-14(12)17-15-10-19(11-16(21)22)8-13(15)9-20(17)25(23,24)18(2)3/h4-7,13,15,17H,8-11H2,1-3H3,(H,21,22)/t13-,15-,17+/m0/s1. The maximum absolute atomic E-state index is 12.9. The van der Waals surface area contributed by atoms with Gasteiger partial charge in [-0.2, -0.15) is 17.0 Å². The molecule has 2 heterocycles. The van der Waals surface area contributed by atoms with Gasteiger partial charge in [0.25, 0.3) is 10.2 Å². The maximum Gasteiger partial charge on any atom is 0.317 e. The lowest BCUT2D eigenvalue weighted by molar-refractivity contribution is -0.138. The molecular weight excluding hydrogens is 342 g/mol. The van der Waals surface area contributed by atoms with Gasteiger partial charge in [-0.3, -0.25) is 9.69 Å². The molecule has 2 aliphatic heterocycles. The zero-order valence-corrected chi connectivity index (χ0v) is 15.6. The van der Waals surface area contributed by atoms with Gasteiger partial charge in [-0.05, 0) is 29.9 Å². The molecule has 0 radical (unpaired) electrons. The van der Waals surface area contributed by atoms with Crippen LogP contribution in [0.2, 0.25) is 0 Å². The number of hydrogen-bond acceptors (Lipinski definition) is 4. The molecule has 2 saturated heterocycles. The van der Waals surface area contributed by atoms with E-state index in [-0.39, 0.29) is 24.4 Å². The Labute approximate surface area is 149 Å². The highest BCUT2D eigenvalue weighted by molar-refractivity contribution is 7.86. The molecule has 1 aromatic rings. The molecule has 0 amide bonds. The summed E-state index contributed by atoms with van der Waals surface area (Å²) in [6.45, 7) is 3.66. The van der Waals surface area contributed by atoms with Crippen LogP contribution in [0.1, 0.15) is 17.2 Å². The number of fused-ring (bicyclic) bond motifs is 1. The number of carbonyl (C=O) groups is 1. The SMILES string of the molecule is Cc1ccccc1[C@@H]1[C@H]2CN(CC(=O)O)C[C@H]2CN1S(=O)(=O)N(C)C. The molecule has 3 rings (SSSR count). The minimum atomic E-state index is -3.54. The number of benzene rings is 1. The molecule has 0 aromatic heterocycles. The number of aliphatic carboxylic acids is 1. The van der Waals surface area contributed by atoms with E-state index in [0.29, 0.717) is 19.6 Å². The average molecular weight is 367 g/mol. The molecule has 2 aliphatic rings. The van der Waals surface area contributed by atoms with E-state index in [1.54, 1.807) is 18.4 Å². The van der Waals surface area contributed by atoms with E-state index in [2.05, 4.69) is 0 Å². The first kappa shape index (κ1) is 18.3. The van der Waals surface area contributed by atoms with Gasteiger partial charge in [0.2, 0.25) is 0 Å². The van der Waals surface area contributed by atoms with Gasteiger partial charge >= 0.3 is 5.97 Å². The summed E-state index contributed by atoms with van der Waals surface area (Å²) in [5.74, 6) is -0.584. The number of nitrogens with zero attached hydrogens (tertiary/aromatic N) is 3. The molecule has 0 spiro atoms. The first-order valence-corrected chi connectivity index (χ1v) is 9.80. The summed E-state index contributed by atoms with van der Waals surface area (Å²) in [4.78, 5) is 13.0. The van der Waals surface area contributed by atoms with Gasteiger partial charge in [0.05, 0.1) is 12.6 Å². The highest BCUT2D eigenvalue weighted by atomic mass is 32.2. The number of hydrogen-bond donors (Lipinski definition) is 1. The van der Waals surface area contributed by atoms with Crippen LogP contribution in [0.3, 0.4) is 0 Å². The summed E-state index contributed by atoms with van der Waals surface area (Å²) < 4.78 is 28.6. The molecule has 138 valence electrons.